The minimum absolute atomic E-state index is 0.290. The molecule has 0 unspecified atom stereocenters. The third-order valence-electron chi connectivity index (χ3n) is 1.000. The normalized spacial score (nSPS) is 9.30. The highest BCUT2D eigenvalue weighted by molar-refractivity contribution is 5.52. The van der Waals surface area contributed by atoms with Crippen LogP contribution in [0.4, 0.5) is 11.5 Å². The highest BCUT2D eigenvalue weighted by atomic mass is 16.5. The summed E-state index contributed by atoms with van der Waals surface area (Å²) in [6, 6.07) is 1.49. The van der Waals surface area contributed by atoms with Gasteiger partial charge in [-0.1, -0.05) is 0 Å². The molecule has 0 saturated carbocycles. The van der Waals surface area contributed by atoms with Gasteiger partial charge in [-0.2, -0.15) is 0 Å². The maximum atomic E-state index is 5.42. The summed E-state index contributed by atoms with van der Waals surface area (Å²) < 4.78 is 4.75. The van der Waals surface area contributed by atoms with E-state index in [9.17, 15) is 0 Å². The van der Waals surface area contributed by atoms with Crippen molar-refractivity contribution in [2.45, 2.75) is 0 Å². The second-order valence-corrected chi connectivity index (χ2v) is 1.73. The summed E-state index contributed by atoms with van der Waals surface area (Å²) in [5.41, 5.74) is 11.1. The number of hydrogen-bond donors (Lipinski definition) is 2. The molecule has 1 heterocycles. The van der Waals surface area contributed by atoms with Crippen LogP contribution in [0.25, 0.3) is 0 Å². The van der Waals surface area contributed by atoms with Gasteiger partial charge in [-0.25, -0.2) is 0 Å². The van der Waals surface area contributed by atoms with E-state index in [1.54, 1.807) is 0 Å². The van der Waals surface area contributed by atoms with Crippen LogP contribution in [0.1, 0.15) is 0 Å². The van der Waals surface area contributed by atoms with Crippen LogP contribution in [-0.4, -0.2) is 17.3 Å². The largest absolute Gasteiger partial charge is 0.478 e. The second kappa shape index (κ2) is 2.38. The van der Waals surface area contributed by atoms with Gasteiger partial charge in [0.1, 0.15) is 11.5 Å². The Morgan fingerprint density at radius 1 is 1.40 bits per heavy atom. The van der Waals surface area contributed by atoms with Gasteiger partial charge >= 0.3 is 0 Å². The first-order valence-electron chi connectivity index (χ1n) is 2.66. The Hall–Kier alpha value is -1.52. The average molecular weight is 140 g/mol. The average Bonchev–Trinajstić information content (AvgIpc) is 1.88. The Labute approximate surface area is 58.0 Å². The van der Waals surface area contributed by atoms with Crippen molar-refractivity contribution < 1.29 is 4.74 Å². The lowest BCUT2D eigenvalue weighted by Gasteiger charge is -2.00. The van der Waals surface area contributed by atoms with Gasteiger partial charge in [0.2, 0.25) is 0 Å². The molecule has 5 heteroatoms. The molecule has 0 aromatic carbocycles. The monoisotopic (exact) mass is 140 g/mol. The first-order valence-corrected chi connectivity index (χ1v) is 2.66. The number of nitrogen functional groups attached to an aromatic ring is 2. The Morgan fingerprint density at radius 2 is 2.10 bits per heavy atom. The Kier molecular flexibility index (Phi) is 1.57. The van der Waals surface area contributed by atoms with Crippen LogP contribution in [0.5, 0.6) is 5.88 Å². The fraction of sp³-hybridized carbons (Fsp3) is 0.200. The van der Waals surface area contributed by atoms with E-state index in [2.05, 4.69) is 10.2 Å². The van der Waals surface area contributed by atoms with Crippen LogP contribution in [0, 0.1) is 0 Å². The summed E-state index contributed by atoms with van der Waals surface area (Å²) >= 11 is 0. The number of rotatable bonds is 1. The zero-order chi connectivity index (χ0) is 7.56. The predicted octanol–water partition coefficient (Wildman–Crippen LogP) is -0.350. The molecule has 1 aromatic heterocycles. The molecule has 10 heavy (non-hydrogen) atoms. The van der Waals surface area contributed by atoms with Crippen molar-refractivity contribution in [3.63, 3.8) is 0 Å². The molecule has 5 nitrogen and oxygen atoms in total. The fourth-order valence-corrected chi connectivity index (χ4v) is 0.569. The topological polar surface area (TPSA) is 87.0 Å². The van der Waals surface area contributed by atoms with Crippen molar-refractivity contribution in [1.82, 2.24) is 10.2 Å². The Bertz CT molecular complexity index is 237. The number of methoxy groups -OCH3 is 1. The van der Waals surface area contributed by atoms with Crippen LogP contribution in [0.3, 0.4) is 0 Å². The summed E-state index contributed by atoms with van der Waals surface area (Å²) in [6.07, 6.45) is 0. The summed E-state index contributed by atoms with van der Waals surface area (Å²) in [5, 5.41) is 7.11. The maximum Gasteiger partial charge on any atom is 0.256 e. The molecular weight excluding hydrogens is 132 g/mol. The van der Waals surface area contributed by atoms with Crippen LogP contribution in [-0.2, 0) is 0 Å². The van der Waals surface area contributed by atoms with Gasteiger partial charge in [0.05, 0.1) is 7.11 Å². The lowest BCUT2D eigenvalue weighted by molar-refractivity contribution is 0.395. The molecule has 1 aromatic rings. The summed E-state index contributed by atoms with van der Waals surface area (Å²) in [4.78, 5) is 0. The van der Waals surface area contributed by atoms with E-state index in [4.69, 9.17) is 16.2 Å². The first kappa shape index (κ1) is 6.60. The van der Waals surface area contributed by atoms with E-state index in [1.807, 2.05) is 0 Å². The molecule has 0 amide bonds. The van der Waals surface area contributed by atoms with E-state index in [0.717, 1.165) is 0 Å². The van der Waals surface area contributed by atoms with Gasteiger partial charge in [0, 0.05) is 6.07 Å². The summed E-state index contributed by atoms with van der Waals surface area (Å²) in [7, 11) is 1.47. The van der Waals surface area contributed by atoms with Gasteiger partial charge in [0.25, 0.3) is 5.88 Å². The lowest BCUT2D eigenvalue weighted by atomic mass is 10.4. The van der Waals surface area contributed by atoms with Gasteiger partial charge in [0.15, 0.2) is 0 Å². The van der Waals surface area contributed by atoms with Crippen LogP contribution in [0.2, 0.25) is 0 Å². The highest BCUT2D eigenvalue weighted by Gasteiger charge is 1.99. The van der Waals surface area contributed by atoms with Gasteiger partial charge in [-0.05, 0) is 0 Å². The number of nitrogens with two attached hydrogens (primary N) is 2. The molecule has 0 aliphatic heterocycles. The van der Waals surface area contributed by atoms with Crippen molar-refractivity contribution in [3.8, 4) is 5.88 Å². The number of nitrogens with zero attached hydrogens (tertiary/aromatic N) is 2. The SMILES string of the molecule is COc1nnc(N)cc1N. The van der Waals surface area contributed by atoms with E-state index in [-0.39, 0.29) is 0 Å². The zero-order valence-electron chi connectivity index (χ0n) is 5.53. The van der Waals surface area contributed by atoms with Crippen LogP contribution >= 0.6 is 0 Å². The van der Waals surface area contributed by atoms with Crippen molar-refractivity contribution in [2.75, 3.05) is 18.6 Å². The minimum Gasteiger partial charge on any atom is -0.478 e. The Morgan fingerprint density at radius 3 is 2.60 bits per heavy atom. The molecule has 0 saturated heterocycles. The predicted molar refractivity (Wildman–Crippen MR) is 37.4 cm³/mol. The standard InChI is InChI=1S/C5H8N4O/c1-10-5-3(6)2-4(7)8-9-5/h2H,1H3,(H4,6,7,8). The molecule has 0 radical (unpaired) electrons. The van der Waals surface area contributed by atoms with E-state index in [1.165, 1.54) is 13.2 Å². The number of aromatic nitrogens is 2. The molecule has 1 rings (SSSR count). The van der Waals surface area contributed by atoms with Crippen molar-refractivity contribution in [3.05, 3.63) is 6.07 Å². The smallest absolute Gasteiger partial charge is 0.256 e. The number of anilines is 2. The summed E-state index contributed by atoms with van der Waals surface area (Å²) in [6.45, 7) is 0. The molecule has 0 atom stereocenters. The molecular formula is C5H8N4O. The first-order chi connectivity index (χ1) is 4.74. The highest BCUT2D eigenvalue weighted by Crippen LogP contribution is 2.16. The van der Waals surface area contributed by atoms with Crippen LogP contribution < -0.4 is 16.2 Å². The van der Waals surface area contributed by atoms with Crippen molar-refractivity contribution >= 4 is 11.5 Å². The molecule has 0 bridgehead atoms. The van der Waals surface area contributed by atoms with E-state index >= 15 is 0 Å². The Balaban J connectivity index is 3.07. The lowest BCUT2D eigenvalue weighted by Crippen LogP contribution is -2.00. The molecule has 54 valence electrons. The zero-order valence-corrected chi connectivity index (χ0v) is 5.53. The number of ether oxygens (including phenoxy) is 1. The number of hydrogen-bond acceptors (Lipinski definition) is 5. The molecule has 0 aliphatic carbocycles. The van der Waals surface area contributed by atoms with Gasteiger partial charge < -0.3 is 16.2 Å². The molecule has 0 spiro atoms. The minimum atomic E-state index is 0.290. The maximum absolute atomic E-state index is 5.42. The third-order valence-corrected chi connectivity index (χ3v) is 1.000. The second-order valence-electron chi connectivity index (χ2n) is 1.73. The van der Waals surface area contributed by atoms with E-state index < -0.39 is 0 Å². The van der Waals surface area contributed by atoms with Crippen molar-refractivity contribution in [2.24, 2.45) is 0 Å². The van der Waals surface area contributed by atoms with E-state index in [0.29, 0.717) is 17.4 Å². The quantitative estimate of drug-likeness (QED) is 0.556. The molecule has 0 fully saturated rings. The fourth-order valence-electron chi connectivity index (χ4n) is 0.569. The van der Waals surface area contributed by atoms with Gasteiger partial charge in [-0.15, -0.1) is 10.2 Å². The molecule has 0 aliphatic rings. The van der Waals surface area contributed by atoms with Crippen LogP contribution in [0.15, 0.2) is 6.07 Å². The van der Waals surface area contributed by atoms with Gasteiger partial charge in [-0.3, -0.25) is 0 Å². The summed E-state index contributed by atoms with van der Waals surface area (Å²) in [5.74, 6) is 0.590. The molecule has 4 N–H and O–H groups in total. The third kappa shape index (κ3) is 1.07. The van der Waals surface area contributed by atoms with Crippen molar-refractivity contribution in [1.29, 1.82) is 0 Å².